The molecule has 3 aromatic rings. The normalized spacial score (nSPS) is 13.7. The Balaban J connectivity index is 1.96. The van der Waals surface area contributed by atoms with Gasteiger partial charge in [-0.15, -0.1) is 0 Å². The zero-order valence-corrected chi connectivity index (χ0v) is 15.4. The van der Waals surface area contributed by atoms with Crippen molar-refractivity contribution in [3.8, 4) is 17.3 Å². The number of aromatic nitrogens is 3. The Morgan fingerprint density at radius 3 is 2.54 bits per heavy atom. The predicted molar refractivity (Wildman–Crippen MR) is 92.9 cm³/mol. The Hall–Kier alpha value is -2.40. The van der Waals surface area contributed by atoms with Gasteiger partial charge in [-0.05, 0) is 36.3 Å². The first-order valence-electron chi connectivity index (χ1n) is 7.87. The fraction of sp³-hybridized carbons (Fsp3) is 0.294. The van der Waals surface area contributed by atoms with Crippen molar-refractivity contribution in [3.05, 3.63) is 36.0 Å². The average Bonchev–Trinajstić information content (AvgIpc) is 3.03. The van der Waals surface area contributed by atoms with Gasteiger partial charge in [0.1, 0.15) is 23.2 Å². The van der Waals surface area contributed by atoms with Gasteiger partial charge < -0.3 is 14.3 Å². The molecule has 3 rings (SSSR count). The van der Waals surface area contributed by atoms with Gasteiger partial charge in [0, 0.05) is 11.8 Å². The van der Waals surface area contributed by atoms with E-state index in [1.54, 1.807) is 18.2 Å². The number of rotatable bonds is 5. The van der Waals surface area contributed by atoms with Gasteiger partial charge >= 0.3 is 12.1 Å². The van der Waals surface area contributed by atoms with E-state index < -0.39 is 29.9 Å². The van der Waals surface area contributed by atoms with E-state index in [0.717, 1.165) is 0 Å². The molecule has 0 aliphatic heterocycles. The fourth-order valence-corrected chi connectivity index (χ4v) is 3.23. The highest BCUT2D eigenvalue weighted by atomic mass is 32.2. The van der Waals surface area contributed by atoms with E-state index in [0.29, 0.717) is 15.9 Å². The highest BCUT2D eigenvalue weighted by Gasteiger charge is 2.58. The molecule has 2 heterocycles. The van der Waals surface area contributed by atoms with Gasteiger partial charge in [-0.3, -0.25) is 4.98 Å². The molecule has 0 saturated carbocycles. The number of aromatic amines is 1. The predicted octanol–water partition coefficient (Wildman–Crippen LogP) is 4.25. The summed E-state index contributed by atoms with van der Waals surface area (Å²) in [6, 6.07) is 6.23. The summed E-state index contributed by atoms with van der Waals surface area (Å²) in [5, 5.41) is 0. The van der Waals surface area contributed by atoms with E-state index in [2.05, 4.69) is 15.0 Å². The number of fused-ring (bicyclic) bond motifs is 1. The summed E-state index contributed by atoms with van der Waals surface area (Å²) >= 11 is -1.28. The quantitative estimate of drug-likeness (QED) is 0.496. The van der Waals surface area contributed by atoms with Crippen molar-refractivity contribution in [2.45, 2.75) is 23.9 Å². The topological polar surface area (TPSA) is 73.9 Å². The number of benzene rings is 1. The largest absolute Gasteiger partial charge is 0.612 e. The van der Waals surface area contributed by atoms with Gasteiger partial charge in [-0.2, -0.15) is 22.0 Å². The van der Waals surface area contributed by atoms with Crippen molar-refractivity contribution in [1.82, 2.24) is 15.0 Å². The number of H-pyrrole nitrogens is 1. The molecular weight excluding hydrogens is 405 g/mol. The third kappa shape index (κ3) is 3.76. The second-order valence-corrected chi connectivity index (χ2v) is 7.31. The van der Waals surface area contributed by atoms with E-state index in [4.69, 9.17) is 4.74 Å². The summed E-state index contributed by atoms with van der Waals surface area (Å²) in [6.07, 6.45) is -2.98. The van der Waals surface area contributed by atoms with Crippen molar-refractivity contribution < 1.29 is 31.2 Å². The maximum absolute atomic E-state index is 13.1. The molecule has 0 aliphatic rings. The maximum Gasteiger partial charge on any atom is 0.456 e. The van der Waals surface area contributed by atoms with Crippen LogP contribution < -0.4 is 4.74 Å². The molecule has 1 N–H and O–H groups in total. The second-order valence-electron chi connectivity index (χ2n) is 5.96. The van der Waals surface area contributed by atoms with Gasteiger partial charge in [0.15, 0.2) is 17.3 Å². The number of alkyl halides is 5. The highest BCUT2D eigenvalue weighted by molar-refractivity contribution is 7.91. The van der Waals surface area contributed by atoms with Crippen LogP contribution in [0.2, 0.25) is 0 Å². The standard InChI is InChI=1S/C17H14F5N3O2S/c1-9-11(27-8-16(18,19)17(20,21)22)6-7-23-13(9)15-24-10-4-3-5-12(28(2)26)14(10)25-15/h3-7H,8H2,1-2H3,(H,24,25). The third-order valence-corrected chi connectivity index (χ3v) is 4.95. The SMILES string of the molecule is Cc1c(OCC(F)(F)C(F)(F)F)ccnc1-c1nc2cccc([S+](C)[O-])c2[nH]1. The lowest BCUT2D eigenvalue weighted by molar-refractivity contribution is -0.290. The molecular formula is C17H14F5N3O2S. The van der Waals surface area contributed by atoms with Crippen LogP contribution >= 0.6 is 0 Å². The highest BCUT2D eigenvalue weighted by Crippen LogP contribution is 2.37. The molecule has 5 nitrogen and oxygen atoms in total. The van der Waals surface area contributed by atoms with Gasteiger partial charge in [0.05, 0.1) is 5.52 Å². The van der Waals surface area contributed by atoms with Crippen molar-refractivity contribution in [2.24, 2.45) is 0 Å². The van der Waals surface area contributed by atoms with E-state index in [9.17, 15) is 26.5 Å². The van der Waals surface area contributed by atoms with Crippen LogP contribution in [0.4, 0.5) is 22.0 Å². The Morgan fingerprint density at radius 1 is 1.18 bits per heavy atom. The molecule has 2 aromatic heterocycles. The summed E-state index contributed by atoms with van der Waals surface area (Å²) < 4.78 is 79.8. The zero-order chi connectivity index (χ0) is 20.7. The fourth-order valence-electron chi connectivity index (χ4n) is 2.52. The smallest absolute Gasteiger partial charge is 0.456 e. The first-order chi connectivity index (χ1) is 13.0. The number of hydrogen-bond acceptors (Lipinski definition) is 4. The average molecular weight is 419 g/mol. The van der Waals surface area contributed by atoms with Crippen LogP contribution in [0.25, 0.3) is 22.6 Å². The molecule has 0 saturated heterocycles. The molecule has 0 fully saturated rings. The maximum atomic E-state index is 13.1. The number of halogens is 5. The molecule has 150 valence electrons. The molecule has 11 heteroatoms. The summed E-state index contributed by atoms with van der Waals surface area (Å²) in [5.41, 5.74) is 1.49. The Morgan fingerprint density at radius 2 is 1.89 bits per heavy atom. The molecule has 0 radical (unpaired) electrons. The van der Waals surface area contributed by atoms with Crippen LogP contribution in [0.3, 0.4) is 0 Å². The van der Waals surface area contributed by atoms with Crippen LogP contribution in [0.15, 0.2) is 35.4 Å². The number of nitrogens with zero attached hydrogens (tertiary/aromatic N) is 2. The van der Waals surface area contributed by atoms with Gasteiger partial charge in [-0.25, -0.2) is 4.98 Å². The lowest BCUT2D eigenvalue weighted by atomic mass is 10.2. The van der Waals surface area contributed by atoms with Gasteiger partial charge in [0.2, 0.25) is 0 Å². The Labute approximate surface area is 159 Å². The zero-order valence-electron chi connectivity index (χ0n) is 14.6. The molecule has 0 bridgehead atoms. The molecule has 1 unspecified atom stereocenters. The number of ether oxygens (including phenoxy) is 1. The second kappa shape index (κ2) is 7.21. The molecule has 0 amide bonds. The first kappa shape index (κ1) is 20.3. The van der Waals surface area contributed by atoms with Crippen LogP contribution in [0, 0.1) is 6.92 Å². The van der Waals surface area contributed by atoms with Gasteiger partial charge in [-0.1, -0.05) is 6.07 Å². The number of imidazole rings is 1. The summed E-state index contributed by atoms with van der Waals surface area (Å²) in [4.78, 5) is 11.9. The number of pyridine rings is 1. The van der Waals surface area contributed by atoms with E-state index >= 15 is 0 Å². The van der Waals surface area contributed by atoms with Crippen LogP contribution in [0.1, 0.15) is 5.56 Å². The van der Waals surface area contributed by atoms with Gasteiger partial charge in [0.25, 0.3) is 0 Å². The van der Waals surface area contributed by atoms with E-state index in [-0.39, 0.29) is 22.8 Å². The minimum Gasteiger partial charge on any atom is -0.612 e. The molecule has 0 spiro atoms. The first-order valence-corrected chi connectivity index (χ1v) is 9.42. The lowest BCUT2D eigenvalue weighted by Gasteiger charge is -2.20. The molecule has 1 aromatic carbocycles. The van der Waals surface area contributed by atoms with E-state index in [1.807, 2.05) is 0 Å². The molecule has 1 atom stereocenters. The minimum atomic E-state index is -5.71. The van der Waals surface area contributed by atoms with Crippen molar-refractivity contribution >= 4 is 22.2 Å². The van der Waals surface area contributed by atoms with Crippen molar-refractivity contribution in [2.75, 3.05) is 12.9 Å². The molecule has 28 heavy (non-hydrogen) atoms. The molecule has 0 aliphatic carbocycles. The summed E-state index contributed by atoms with van der Waals surface area (Å²) in [5.74, 6) is -4.91. The summed E-state index contributed by atoms with van der Waals surface area (Å²) in [7, 11) is 0. The summed E-state index contributed by atoms with van der Waals surface area (Å²) in [6.45, 7) is -0.380. The third-order valence-electron chi connectivity index (χ3n) is 3.99. The minimum absolute atomic E-state index is 0.173. The number of para-hydroxylation sites is 1. The lowest BCUT2D eigenvalue weighted by Crippen LogP contribution is -2.41. The van der Waals surface area contributed by atoms with Crippen LogP contribution in [-0.4, -0.2) is 44.5 Å². The van der Waals surface area contributed by atoms with Crippen molar-refractivity contribution in [3.63, 3.8) is 0 Å². The number of hydrogen-bond donors (Lipinski definition) is 1. The van der Waals surface area contributed by atoms with Crippen LogP contribution in [0.5, 0.6) is 5.75 Å². The van der Waals surface area contributed by atoms with Crippen LogP contribution in [-0.2, 0) is 11.2 Å². The number of nitrogens with one attached hydrogen (secondary N) is 1. The van der Waals surface area contributed by atoms with E-state index in [1.165, 1.54) is 25.4 Å². The van der Waals surface area contributed by atoms with Crippen molar-refractivity contribution in [1.29, 1.82) is 0 Å². The monoisotopic (exact) mass is 419 g/mol. The Kier molecular flexibility index (Phi) is 5.24. The Bertz CT molecular complexity index is 1000.